The second-order valence-electron chi connectivity index (χ2n) is 9.23. The lowest BCUT2D eigenvalue weighted by Gasteiger charge is -2.11. The highest BCUT2D eigenvalue weighted by Gasteiger charge is 2.33. The zero-order valence-corrected chi connectivity index (χ0v) is 22.6. The number of hydrogen-bond acceptors (Lipinski definition) is 8. The van der Waals surface area contributed by atoms with Crippen molar-refractivity contribution in [1.82, 2.24) is 45.6 Å². The van der Waals surface area contributed by atoms with Crippen molar-refractivity contribution < 1.29 is 49.4 Å². The molecule has 20 heteroatoms. The summed E-state index contributed by atoms with van der Waals surface area (Å²) in [7, 11) is 0. The number of hydrogen-bond donors (Lipinski definition) is 2. The molecule has 1 unspecified atom stereocenters. The molecule has 0 aliphatic heterocycles. The number of amides is 2. The highest BCUT2D eigenvalue weighted by molar-refractivity contribution is 5.92. The van der Waals surface area contributed by atoms with Crippen molar-refractivity contribution in [3.8, 4) is 5.75 Å². The van der Waals surface area contributed by atoms with E-state index in [2.05, 4.69) is 41.0 Å². The average Bonchev–Trinajstić information content (AvgIpc) is 3.64. The molecular weight excluding hydrogens is 626 g/mol. The molecule has 2 amide bonds. The van der Waals surface area contributed by atoms with Crippen molar-refractivity contribution in [3.05, 3.63) is 82.9 Å². The SMILES string of the molecule is O=C(NCc1cc(OC(F)(F)F)ccc1F)c1cn(CC(F)CCn2nncc2C(=O)NCc2cccc(C(F)(F)F)n2)nn1. The first-order valence-electron chi connectivity index (χ1n) is 12.7. The van der Waals surface area contributed by atoms with Crippen LogP contribution in [0, 0.1) is 5.82 Å². The van der Waals surface area contributed by atoms with Gasteiger partial charge in [-0.1, -0.05) is 16.5 Å². The predicted molar refractivity (Wildman–Crippen MR) is 134 cm³/mol. The lowest BCUT2D eigenvalue weighted by molar-refractivity contribution is -0.274. The van der Waals surface area contributed by atoms with Gasteiger partial charge < -0.3 is 15.4 Å². The Morgan fingerprint density at radius 1 is 0.978 bits per heavy atom. The number of nitrogens with zero attached hydrogens (tertiary/aromatic N) is 7. The first-order valence-corrected chi connectivity index (χ1v) is 12.7. The Morgan fingerprint density at radius 2 is 1.73 bits per heavy atom. The molecule has 1 atom stereocenters. The molecule has 4 rings (SSSR count). The Kier molecular flexibility index (Phi) is 9.92. The monoisotopic (exact) mass is 647 g/mol. The first-order chi connectivity index (χ1) is 21.2. The Bertz CT molecular complexity index is 1640. The van der Waals surface area contributed by atoms with Crippen molar-refractivity contribution in [2.45, 2.75) is 51.3 Å². The zero-order valence-electron chi connectivity index (χ0n) is 22.6. The zero-order chi connectivity index (χ0) is 32.8. The number of carbonyl (C=O) groups excluding carboxylic acids is 2. The van der Waals surface area contributed by atoms with Gasteiger partial charge in [-0.2, -0.15) is 13.2 Å². The maximum absolute atomic E-state index is 14.7. The van der Waals surface area contributed by atoms with Gasteiger partial charge in [-0.3, -0.25) is 9.59 Å². The van der Waals surface area contributed by atoms with Crippen LogP contribution in [0.1, 0.15) is 44.3 Å². The number of pyridine rings is 1. The molecule has 2 N–H and O–H groups in total. The molecule has 3 aromatic heterocycles. The van der Waals surface area contributed by atoms with Crippen molar-refractivity contribution in [2.75, 3.05) is 0 Å². The second-order valence-corrected chi connectivity index (χ2v) is 9.23. The summed E-state index contributed by atoms with van der Waals surface area (Å²) in [5.41, 5.74) is -1.82. The molecule has 0 aliphatic rings. The molecule has 0 radical (unpaired) electrons. The van der Waals surface area contributed by atoms with E-state index in [1.54, 1.807) is 0 Å². The van der Waals surface area contributed by atoms with Gasteiger partial charge in [0.05, 0.1) is 31.2 Å². The smallest absolute Gasteiger partial charge is 0.406 e. The molecule has 4 aromatic rings. The van der Waals surface area contributed by atoms with E-state index in [0.29, 0.717) is 0 Å². The van der Waals surface area contributed by atoms with E-state index in [0.717, 1.165) is 52.1 Å². The predicted octanol–water partition coefficient (Wildman–Crippen LogP) is 3.61. The van der Waals surface area contributed by atoms with Gasteiger partial charge in [-0.15, -0.1) is 23.4 Å². The van der Waals surface area contributed by atoms with E-state index in [9.17, 15) is 44.7 Å². The van der Waals surface area contributed by atoms with Gasteiger partial charge in [0.25, 0.3) is 11.8 Å². The number of nitrogens with one attached hydrogen (secondary N) is 2. The molecule has 12 nitrogen and oxygen atoms in total. The maximum atomic E-state index is 14.7. The fourth-order valence-corrected chi connectivity index (χ4v) is 3.79. The minimum atomic E-state index is -4.99. The fourth-order valence-electron chi connectivity index (χ4n) is 3.79. The van der Waals surface area contributed by atoms with Crippen molar-refractivity contribution in [1.29, 1.82) is 0 Å². The summed E-state index contributed by atoms with van der Waals surface area (Å²) in [5, 5.41) is 19.2. The highest BCUT2D eigenvalue weighted by atomic mass is 19.4. The lowest BCUT2D eigenvalue weighted by Crippen LogP contribution is -2.27. The van der Waals surface area contributed by atoms with Gasteiger partial charge in [0.2, 0.25) is 0 Å². The van der Waals surface area contributed by atoms with Gasteiger partial charge in [-0.25, -0.2) is 23.1 Å². The molecule has 45 heavy (non-hydrogen) atoms. The standard InChI is InChI=1S/C25H21F8N9O3/c26-15(6-7-42-20(11-36-39-42)23(44)35-10-16-2-1-3-21(37-16)24(28,29)30)12-41-13-19(38-40-41)22(43)34-9-14-8-17(4-5-18(14)27)45-25(31,32)33/h1-5,8,11,13,15H,6-7,9-10,12H2,(H,34,43)(H,35,44). The number of carbonyl (C=O) groups is 2. The number of alkyl halides is 7. The van der Waals surface area contributed by atoms with Crippen LogP contribution in [-0.4, -0.2) is 59.3 Å². The van der Waals surface area contributed by atoms with Gasteiger partial charge in [0.15, 0.2) is 5.69 Å². The van der Waals surface area contributed by atoms with E-state index < -0.39 is 54.3 Å². The lowest BCUT2D eigenvalue weighted by atomic mass is 10.2. The van der Waals surface area contributed by atoms with E-state index in [4.69, 9.17) is 0 Å². The Labute approximate surface area is 247 Å². The summed E-state index contributed by atoms with van der Waals surface area (Å²) in [6, 6.07) is 5.52. The molecule has 0 spiro atoms. The van der Waals surface area contributed by atoms with Gasteiger partial charge in [0, 0.05) is 25.1 Å². The van der Waals surface area contributed by atoms with Crippen LogP contribution >= 0.6 is 0 Å². The molecule has 0 bridgehead atoms. The Balaban J connectivity index is 1.26. The van der Waals surface area contributed by atoms with Crippen LogP contribution in [0.25, 0.3) is 0 Å². The summed E-state index contributed by atoms with van der Waals surface area (Å²) in [6.07, 6.45) is -9.24. The summed E-state index contributed by atoms with van der Waals surface area (Å²) >= 11 is 0. The summed E-state index contributed by atoms with van der Waals surface area (Å²) < 4.78 is 110. The third-order valence-electron chi connectivity index (χ3n) is 5.88. The first kappa shape index (κ1) is 32.7. The molecular formula is C25H21F8N9O3. The van der Waals surface area contributed by atoms with Crippen LogP contribution in [0.2, 0.25) is 0 Å². The summed E-state index contributed by atoms with van der Waals surface area (Å²) in [6.45, 7) is -1.34. The Morgan fingerprint density at radius 3 is 2.47 bits per heavy atom. The molecule has 1 aromatic carbocycles. The third-order valence-corrected chi connectivity index (χ3v) is 5.88. The van der Waals surface area contributed by atoms with Crippen LogP contribution in [0.3, 0.4) is 0 Å². The van der Waals surface area contributed by atoms with Gasteiger partial charge in [-0.05, 0) is 30.3 Å². The second kappa shape index (κ2) is 13.6. The van der Waals surface area contributed by atoms with Crippen LogP contribution in [0.15, 0.2) is 48.8 Å². The molecule has 0 aliphatic carbocycles. The number of rotatable bonds is 12. The minimum absolute atomic E-state index is 0.0428. The van der Waals surface area contributed by atoms with Crippen LogP contribution in [-0.2, 0) is 32.4 Å². The number of benzene rings is 1. The number of aryl methyl sites for hydroxylation is 1. The number of ether oxygens (including phenoxy) is 1. The average molecular weight is 647 g/mol. The van der Waals surface area contributed by atoms with E-state index in [-0.39, 0.29) is 48.7 Å². The molecule has 0 fully saturated rings. The fraction of sp³-hybridized carbons (Fsp3) is 0.320. The molecule has 3 heterocycles. The van der Waals surface area contributed by atoms with E-state index in [1.165, 1.54) is 6.07 Å². The Hall–Kier alpha value is -5.17. The molecule has 0 saturated carbocycles. The van der Waals surface area contributed by atoms with Crippen LogP contribution in [0.5, 0.6) is 5.75 Å². The van der Waals surface area contributed by atoms with E-state index >= 15 is 0 Å². The third kappa shape index (κ3) is 9.41. The van der Waals surface area contributed by atoms with Crippen molar-refractivity contribution >= 4 is 11.8 Å². The summed E-state index contributed by atoms with van der Waals surface area (Å²) in [4.78, 5) is 28.3. The number of halogens is 8. The maximum Gasteiger partial charge on any atom is 0.573 e. The van der Waals surface area contributed by atoms with Gasteiger partial charge >= 0.3 is 12.5 Å². The summed E-state index contributed by atoms with van der Waals surface area (Å²) in [5.74, 6) is -3.17. The molecule has 240 valence electrons. The highest BCUT2D eigenvalue weighted by Crippen LogP contribution is 2.27. The van der Waals surface area contributed by atoms with Crippen LogP contribution < -0.4 is 15.4 Å². The van der Waals surface area contributed by atoms with Crippen molar-refractivity contribution in [3.63, 3.8) is 0 Å². The minimum Gasteiger partial charge on any atom is -0.406 e. The number of aromatic nitrogens is 7. The van der Waals surface area contributed by atoms with Crippen LogP contribution in [0.4, 0.5) is 35.1 Å². The van der Waals surface area contributed by atoms with Crippen molar-refractivity contribution in [2.24, 2.45) is 0 Å². The molecule has 0 saturated heterocycles. The van der Waals surface area contributed by atoms with Gasteiger partial charge in [0.1, 0.15) is 29.1 Å². The normalized spacial score (nSPS) is 12.5. The largest absolute Gasteiger partial charge is 0.573 e. The topological polar surface area (TPSA) is 142 Å². The quantitative estimate of drug-likeness (QED) is 0.222. The van der Waals surface area contributed by atoms with E-state index in [1.807, 2.05) is 0 Å².